The second-order valence-corrected chi connectivity index (χ2v) is 6.37. The van der Waals surface area contributed by atoms with Gasteiger partial charge in [-0.3, -0.25) is 4.79 Å². The van der Waals surface area contributed by atoms with Gasteiger partial charge in [-0.2, -0.15) is 0 Å². The first-order valence-electron chi connectivity index (χ1n) is 8.79. The topological polar surface area (TPSA) is 100 Å². The van der Waals surface area contributed by atoms with Crippen LogP contribution in [-0.2, 0) is 16.0 Å². The second kappa shape index (κ2) is 8.39. The molecule has 1 aromatic heterocycles. The van der Waals surface area contributed by atoms with Gasteiger partial charge in [0.1, 0.15) is 6.04 Å². The number of fused-ring (bicyclic) bond motifs is 1. The summed E-state index contributed by atoms with van der Waals surface area (Å²) >= 11 is 0. The number of carbonyl (C=O) groups is 3. The molecule has 0 aliphatic rings. The van der Waals surface area contributed by atoms with E-state index in [9.17, 15) is 14.4 Å². The number of aromatic amines is 1. The fourth-order valence-corrected chi connectivity index (χ4v) is 2.97. The Labute approximate surface area is 162 Å². The van der Waals surface area contributed by atoms with Crippen molar-refractivity contribution in [2.75, 3.05) is 12.4 Å². The SMILES string of the molecule is COC(=O)C(Cc1c[nH]c2ccccc12)NC(=O)Nc1ccc(C(C)=O)cc1. The van der Waals surface area contributed by atoms with Crippen molar-refractivity contribution in [2.24, 2.45) is 0 Å². The average molecular weight is 379 g/mol. The van der Waals surface area contributed by atoms with Crippen LogP contribution in [0.1, 0.15) is 22.8 Å². The van der Waals surface area contributed by atoms with E-state index in [1.165, 1.54) is 14.0 Å². The van der Waals surface area contributed by atoms with E-state index in [1.807, 2.05) is 30.5 Å². The molecule has 1 heterocycles. The van der Waals surface area contributed by atoms with Gasteiger partial charge in [-0.15, -0.1) is 0 Å². The molecule has 1 unspecified atom stereocenters. The van der Waals surface area contributed by atoms with Crippen molar-refractivity contribution in [3.05, 3.63) is 65.9 Å². The highest BCUT2D eigenvalue weighted by molar-refractivity contribution is 5.96. The highest BCUT2D eigenvalue weighted by Gasteiger charge is 2.23. The summed E-state index contributed by atoms with van der Waals surface area (Å²) in [5, 5.41) is 6.29. The molecule has 0 spiro atoms. The Kier molecular flexibility index (Phi) is 5.74. The summed E-state index contributed by atoms with van der Waals surface area (Å²) in [5.41, 5.74) is 2.92. The van der Waals surface area contributed by atoms with E-state index in [1.54, 1.807) is 24.3 Å². The lowest BCUT2D eigenvalue weighted by atomic mass is 10.1. The summed E-state index contributed by atoms with van der Waals surface area (Å²) < 4.78 is 4.84. The van der Waals surface area contributed by atoms with Crippen LogP contribution < -0.4 is 10.6 Å². The van der Waals surface area contributed by atoms with E-state index >= 15 is 0 Å². The molecule has 2 amide bonds. The fraction of sp³-hybridized carbons (Fsp3) is 0.190. The number of para-hydroxylation sites is 1. The van der Waals surface area contributed by atoms with Crippen molar-refractivity contribution in [1.29, 1.82) is 0 Å². The normalized spacial score (nSPS) is 11.6. The van der Waals surface area contributed by atoms with Crippen LogP contribution in [0.3, 0.4) is 0 Å². The van der Waals surface area contributed by atoms with Gasteiger partial charge in [-0.05, 0) is 42.8 Å². The van der Waals surface area contributed by atoms with Gasteiger partial charge in [-0.1, -0.05) is 18.2 Å². The van der Waals surface area contributed by atoms with Crippen LogP contribution in [0.25, 0.3) is 10.9 Å². The quantitative estimate of drug-likeness (QED) is 0.452. The van der Waals surface area contributed by atoms with Crippen LogP contribution >= 0.6 is 0 Å². The Morgan fingerprint density at radius 2 is 1.79 bits per heavy atom. The third-order valence-corrected chi connectivity index (χ3v) is 4.44. The average Bonchev–Trinajstić information content (AvgIpc) is 3.10. The Balaban J connectivity index is 1.70. The van der Waals surface area contributed by atoms with E-state index in [0.29, 0.717) is 11.3 Å². The van der Waals surface area contributed by atoms with Gasteiger partial charge in [0, 0.05) is 34.8 Å². The maximum Gasteiger partial charge on any atom is 0.328 e. The van der Waals surface area contributed by atoms with Crippen molar-refractivity contribution < 1.29 is 19.1 Å². The lowest BCUT2D eigenvalue weighted by molar-refractivity contribution is -0.142. The predicted molar refractivity (Wildman–Crippen MR) is 106 cm³/mol. The number of rotatable bonds is 6. The number of hydrogen-bond acceptors (Lipinski definition) is 4. The maximum atomic E-state index is 12.3. The highest BCUT2D eigenvalue weighted by Crippen LogP contribution is 2.19. The minimum Gasteiger partial charge on any atom is -0.467 e. The minimum atomic E-state index is -0.847. The predicted octanol–water partition coefficient (Wildman–Crippen LogP) is 3.28. The number of urea groups is 1. The standard InChI is InChI=1S/C21H21N3O4/c1-13(25)14-7-9-16(10-8-14)23-21(27)24-19(20(26)28-2)11-15-12-22-18-6-4-3-5-17(15)18/h3-10,12,19,22H,11H2,1-2H3,(H2,23,24,27). The van der Waals surface area contributed by atoms with E-state index < -0.39 is 18.0 Å². The maximum absolute atomic E-state index is 12.3. The van der Waals surface area contributed by atoms with Crippen LogP contribution in [-0.4, -0.2) is 35.9 Å². The molecule has 0 aliphatic carbocycles. The van der Waals surface area contributed by atoms with Crippen LogP contribution in [0.15, 0.2) is 54.7 Å². The Morgan fingerprint density at radius 1 is 1.07 bits per heavy atom. The summed E-state index contributed by atoms with van der Waals surface area (Å²) in [4.78, 5) is 39.0. The Bertz CT molecular complexity index is 1010. The third-order valence-electron chi connectivity index (χ3n) is 4.44. The van der Waals surface area contributed by atoms with E-state index in [0.717, 1.165) is 16.5 Å². The summed E-state index contributed by atoms with van der Waals surface area (Å²) in [7, 11) is 1.28. The number of anilines is 1. The van der Waals surface area contributed by atoms with Gasteiger partial charge in [0.05, 0.1) is 7.11 Å². The molecule has 3 rings (SSSR count). The summed E-state index contributed by atoms with van der Waals surface area (Å²) in [5.74, 6) is -0.590. The lowest BCUT2D eigenvalue weighted by Gasteiger charge is -2.17. The zero-order chi connectivity index (χ0) is 20.1. The van der Waals surface area contributed by atoms with Gasteiger partial charge >= 0.3 is 12.0 Å². The number of hydrogen-bond donors (Lipinski definition) is 3. The minimum absolute atomic E-state index is 0.0551. The molecule has 2 aromatic carbocycles. The smallest absolute Gasteiger partial charge is 0.328 e. The molecule has 0 radical (unpaired) electrons. The van der Waals surface area contributed by atoms with E-state index in [2.05, 4.69) is 15.6 Å². The zero-order valence-corrected chi connectivity index (χ0v) is 15.6. The van der Waals surface area contributed by atoms with Gasteiger partial charge in [0.2, 0.25) is 0 Å². The first-order valence-corrected chi connectivity index (χ1v) is 8.79. The summed E-state index contributed by atoms with van der Waals surface area (Å²) in [6.07, 6.45) is 2.11. The van der Waals surface area contributed by atoms with Crippen molar-refractivity contribution in [3.63, 3.8) is 0 Å². The van der Waals surface area contributed by atoms with E-state index in [4.69, 9.17) is 4.74 Å². The van der Waals surface area contributed by atoms with Gasteiger partial charge < -0.3 is 20.4 Å². The van der Waals surface area contributed by atoms with E-state index in [-0.39, 0.29) is 12.2 Å². The number of carbonyl (C=O) groups excluding carboxylic acids is 3. The van der Waals surface area contributed by atoms with Gasteiger partial charge in [-0.25, -0.2) is 9.59 Å². The molecule has 144 valence electrons. The number of nitrogens with one attached hydrogen (secondary N) is 3. The monoisotopic (exact) mass is 379 g/mol. The molecule has 0 aliphatic heterocycles. The van der Waals surface area contributed by atoms with Crippen LogP contribution in [0.4, 0.5) is 10.5 Å². The van der Waals surface area contributed by atoms with Crippen molar-refractivity contribution in [2.45, 2.75) is 19.4 Å². The van der Waals surface area contributed by atoms with Gasteiger partial charge in [0.25, 0.3) is 0 Å². The molecule has 0 saturated heterocycles. The van der Waals surface area contributed by atoms with Crippen molar-refractivity contribution in [1.82, 2.24) is 10.3 Å². The molecule has 1 atom stereocenters. The van der Waals surface area contributed by atoms with Crippen LogP contribution in [0, 0.1) is 0 Å². The lowest BCUT2D eigenvalue weighted by Crippen LogP contribution is -2.45. The molecular formula is C21H21N3O4. The van der Waals surface area contributed by atoms with Crippen LogP contribution in [0.2, 0.25) is 0 Å². The molecule has 3 N–H and O–H groups in total. The summed E-state index contributed by atoms with van der Waals surface area (Å²) in [6.45, 7) is 1.47. The highest BCUT2D eigenvalue weighted by atomic mass is 16.5. The third kappa shape index (κ3) is 4.37. The molecule has 0 fully saturated rings. The van der Waals surface area contributed by atoms with Crippen molar-refractivity contribution >= 4 is 34.4 Å². The molecule has 7 nitrogen and oxygen atoms in total. The number of methoxy groups -OCH3 is 1. The largest absolute Gasteiger partial charge is 0.467 e. The number of aromatic nitrogens is 1. The number of amides is 2. The molecule has 0 saturated carbocycles. The molecule has 28 heavy (non-hydrogen) atoms. The fourth-order valence-electron chi connectivity index (χ4n) is 2.97. The number of benzene rings is 2. The number of ketones is 1. The number of Topliss-reactive ketones (excluding diaryl/α,β-unsaturated/α-hetero) is 1. The Hall–Kier alpha value is -3.61. The second-order valence-electron chi connectivity index (χ2n) is 6.37. The number of esters is 1. The first-order chi connectivity index (χ1) is 13.5. The first kappa shape index (κ1) is 19.2. The van der Waals surface area contributed by atoms with Gasteiger partial charge in [0.15, 0.2) is 5.78 Å². The van der Waals surface area contributed by atoms with Crippen LogP contribution in [0.5, 0.6) is 0 Å². The Morgan fingerprint density at radius 3 is 2.46 bits per heavy atom. The molecule has 3 aromatic rings. The molecular weight excluding hydrogens is 358 g/mol. The van der Waals surface area contributed by atoms with Crippen molar-refractivity contribution in [3.8, 4) is 0 Å². The molecule has 7 heteroatoms. The number of H-pyrrole nitrogens is 1. The number of ether oxygens (including phenoxy) is 1. The summed E-state index contributed by atoms with van der Waals surface area (Å²) in [6, 6.07) is 12.9. The molecule has 0 bridgehead atoms. The zero-order valence-electron chi connectivity index (χ0n) is 15.6.